The highest BCUT2D eigenvalue weighted by molar-refractivity contribution is 5.85. The van der Waals surface area contributed by atoms with Crippen molar-refractivity contribution in [1.82, 2.24) is 9.80 Å². The van der Waals surface area contributed by atoms with Gasteiger partial charge in [-0.05, 0) is 112 Å². The number of hydrogen-bond donors (Lipinski definition) is 2. The highest BCUT2D eigenvalue weighted by Gasteiger charge is 2.38. The second-order valence-corrected chi connectivity index (χ2v) is 25.6. The molecule has 0 radical (unpaired) electrons. The van der Waals surface area contributed by atoms with Gasteiger partial charge in [-0.1, -0.05) is 126 Å². The molecule has 0 aliphatic carbocycles. The van der Waals surface area contributed by atoms with Crippen LogP contribution in [0.4, 0.5) is 21.0 Å². The van der Waals surface area contributed by atoms with Gasteiger partial charge in [-0.2, -0.15) is 0 Å². The maximum absolute atomic E-state index is 13.7. The van der Waals surface area contributed by atoms with Crippen LogP contribution in [0, 0.1) is 10.8 Å². The normalized spacial score (nSPS) is 15.7. The highest BCUT2D eigenvalue weighted by Crippen LogP contribution is 2.28. The quantitative estimate of drug-likeness (QED) is 0.0658. The predicted molar refractivity (Wildman–Crippen MR) is 341 cm³/mol. The van der Waals surface area contributed by atoms with E-state index < -0.39 is 71.6 Å². The average molecular weight is 1210 g/mol. The number of nitrogens with zero attached hydrogens (tertiary/aromatic N) is 4. The van der Waals surface area contributed by atoms with Gasteiger partial charge in [0.1, 0.15) is 36.5 Å². The molecule has 2 aliphatic rings. The van der Waals surface area contributed by atoms with E-state index in [1.165, 1.54) is 19.0 Å². The highest BCUT2D eigenvalue weighted by atomic mass is 16.6. The molecule has 2 heterocycles. The van der Waals surface area contributed by atoms with Crippen LogP contribution >= 0.6 is 0 Å². The number of morpholine rings is 2. The van der Waals surface area contributed by atoms with Crippen molar-refractivity contribution < 1.29 is 91.4 Å². The molecule has 2 amide bonds. The first-order chi connectivity index (χ1) is 45.8. The summed E-state index contributed by atoms with van der Waals surface area (Å²) < 4.78 is 98.1. The molecule has 0 bridgehead atoms. The van der Waals surface area contributed by atoms with Crippen molar-refractivity contribution in [3.8, 4) is 0 Å². The number of esters is 3. The Balaban J connectivity index is -0.000000672. The SMILES string of the molecule is CN(C(=O)OC(C)(C)C)[C@@H](CC(C)(C)C)C(=O)O.CN(C(=O)OC(C)(C)C)[C@@H](CC(C)(C)C)C(=O)O[C@H](Cc1ccc(N2CCOCC2)cc1)C(=O)OCc1ccccc1.O=C(OCc1ccccc1)[C@H](O)Cc1ccc(N2CCOCC2)cc1.[2HH].[2H][2H].[2H][2H].[2H][2H].[2H][2H].[2H][2H].[2H][2H]. The summed E-state index contributed by atoms with van der Waals surface area (Å²) >= 11 is 0. The first kappa shape index (κ1) is 60.9. The van der Waals surface area contributed by atoms with E-state index in [2.05, 4.69) is 9.80 Å². The molecule has 0 spiro atoms. The van der Waals surface area contributed by atoms with E-state index in [9.17, 15) is 39.0 Å². The molecule has 4 aromatic carbocycles. The molecule has 0 aromatic heterocycles. The Hall–Kier alpha value is -7.22. The molecule has 19 nitrogen and oxygen atoms in total. The Labute approximate surface area is 523 Å². The van der Waals surface area contributed by atoms with Crippen molar-refractivity contribution in [3.63, 3.8) is 0 Å². The van der Waals surface area contributed by atoms with Crippen LogP contribution < -0.4 is 9.80 Å². The maximum atomic E-state index is 13.7. The minimum atomic E-state index is -1.20. The van der Waals surface area contributed by atoms with E-state index in [1.807, 2.05) is 151 Å². The summed E-state index contributed by atoms with van der Waals surface area (Å²) in [6.07, 6.45) is -2.56. The van der Waals surface area contributed by atoms with E-state index in [1.54, 1.807) is 41.5 Å². The number of carbonyl (C=O) groups is 6. The first-order valence-electron chi connectivity index (χ1n) is 35.0. The van der Waals surface area contributed by atoms with Crippen LogP contribution in [0.15, 0.2) is 109 Å². The minimum Gasteiger partial charge on any atom is -0.480 e. The van der Waals surface area contributed by atoms with Gasteiger partial charge in [0.2, 0.25) is 6.10 Å². The third kappa shape index (κ3) is 26.7. The molecule has 2 fully saturated rings. The molecular formula is C66H108N4O15. The number of aliphatic carboxylic acids is 1. The van der Waals surface area contributed by atoms with E-state index in [-0.39, 0.29) is 38.3 Å². The number of aliphatic hydroxyl groups is 1. The van der Waals surface area contributed by atoms with Crippen LogP contribution in [-0.4, -0.2) is 158 Å². The van der Waals surface area contributed by atoms with E-state index in [0.29, 0.717) is 26.1 Å². The smallest absolute Gasteiger partial charge is 0.410 e. The van der Waals surface area contributed by atoms with Gasteiger partial charge in [-0.3, -0.25) is 9.80 Å². The average Bonchev–Trinajstić information content (AvgIpc) is 0.850. The second kappa shape index (κ2) is 32.9. The monoisotopic (exact) mass is 1210 g/mol. The predicted octanol–water partition coefficient (Wildman–Crippen LogP) is 12.0. The Bertz CT molecular complexity index is 2740. The molecule has 19 heteroatoms. The van der Waals surface area contributed by atoms with Crippen molar-refractivity contribution in [2.75, 3.05) is 76.5 Å². The molecule has 6 rings (SSSR count). The number of carboxylic acids is 1. The number of rotatable bonds is 19. The van der Waals surface area contributed by atoms with Crippen molar-refractivity contribution in [2.45, 2.75) is 157 Å². The molecule has 0 unspecified atom stereocenters. The fourth-order valence-corrected chi connectivity index (χ4v) is 8.74. The number of aliphatic hydroxyl groups excluding tert-OH is 1. The fraction of sp³-hybridized carbons (Fsp3) is 0.545. The lowest BCUT2D eigenvalue weighted by Gasteiger charge is -2.33. The van der Waals surface area contributed by atoms with Crippen molar-refractivity contribution in [3.05, 3.63) is 131 Å². The molecule has 2 aliphatic heterocycles. The molecule has 482 valence electrons. The molecular weight excluding hydrogens is 1090 g/mol. The summed E-state index contributed by atoms with van der Waals surface area (Å²) in [7, 11) is 2.97. The molecule has 4 aromatic rings. The van der Waals surface area contributed by atoms with Crippen LogP contribution in [-0.2, 0) is 78.4 Å². The summed E-state index contributed by atoms with van der Waals surface area (Å²) in [6, 6.07) is 32.7. The number of carbonyl (C=O) groups excluding carboxylic acids is 5. The summed E-state index contributed by atoms with van der Waals surface area (Å²) in [6.45, 7) is 28.7. The Morgan fingerprint density at radius 3 is 1.26 bits per heavy atom. The minimum absolute atomic E-state index is 0. The number of ether oxygens (including phenoxy) is 7. The topological polar surface area (TPSA) is 220 Å². The molecule has 0 saturated carbocycles. The largest absolute Gasteiger partial charge is 0.480 e. The zero-order valence-corrected chi connectivity index (χ0v) is 52.6. The number of amides is 2. The molecule has 4 atom stereocenters. The second-order valence-electron chi connectivity index (χ2n) is 25.6. The third-order valence-corrected chi connectivity index (χ3v) is 13.2. The van der Waals surface area contributed by atoms with E-state index in [4.69, 9.17) is 51.0 Å². The van der Waals surface area contributed by atoms with Crippen LogP contribution in [0.2, 0.25) is 0 Å². The van der Waals surface area contributed by atoms with Gasteiger partial charge in [0.25, 0.3) is 0 Å². The third-order valence-electron chi connectivity index (χ3n) is 13.2. The Morgan fingerprint density at radius 2 is 0.882 bits per heavy atom. The van der Waals surface area contributed by atoms with Gasteiger partial charge < -0.3 is 53.2 Å². The summed E-state index contributed by atoms with van der Waals surface area (Å²) in [5.74, 6) is -2.96. The molecule has 2 saturated heterocycles. The summed E-state index contributed by atoms with van der Waals surface area (Å²) in [4.78, 5) is 81.8. The van der Waals surface area contributed by atoms with Crippen molar-refractivity contribution >= 4 is 47.4 Å². The number of likely N-dealkylation sites (N-methyl/N-ethyl adjacent to an activating group) is 2. The summed E-state index contributed by atoms with van der Waals surface area (Å²) in [5.41, 5.74) is 3.77. The standard InChI is InChI=1S/C33H46N2O7.C20H23NO4.C13H25NO4.7H2/c1-32(2,3)22-27(34(7)31(38)42-33(4,5)6)29(36)41-28(30(37)40-23-25-11-9-8-10-12-25)21-24-13-15-26(16-14-24)35-17-19-39-20-18-35;22-19(20(23)25-15-17-4-2-1-3-5-17)14-16-6-8-18(9-7-16)21-10-12-24-13-11-21;1-12(2,3)8-9(10(15)16)14(7)11(17)18-13(4,5)6;;;;;;;/h8-16,27-28H,17-23H2,1-7H3;1-9,19,22H,10-15H2;9H,8H2,1-7H3,(H,15,16);7*1H/t27-,28+;19-;9-;;;;;;;/m010......./s1/i;;;6*1+1D;1+1. The van der Waals surface area contributed by atoms with E-state index >= 15 is 0 Å². The summed E-state index contributed by atoms with van der Waals surface area (Å²) in [5, 5.41) is 19.3. The van der Waals surface area contributed by atoms with Crippen molar-refractivity contribution in [1.29, 1.82) is 0 Å². The fourth-order valence-electron chi connectivity index (χ4n) is 8.74. The Morgan fingerprint density at radius 1 is 0.518 bits per heavy atom. The van der Waals surface area contributed by atoms with Gasteiger partial charge >= 0.3 is 36.1 Å². The lowest BCUT2D eigenvalue weighted by atomic mass is 9.87. The van der Waals surface area contributed by atoms with Crippen LogP contribution in [0.5, 0.6) is 0 Å². The Kier molecular flexibility index (Phi) is 23.6. The van der Waals surface area contributed by atoms with Crippen LogP contribution in [0.3, 0.4) is 0 Å². The van der Waals surface area contributed by atoms with Crippen LogP contribution in [0.25, 0.3) is 0 Å². The lowest BCUT2D eigenvalue weighted by Crippen LogP contribution is -2.48. The lowest BCUT2D eigenvalue weighted by molar-refractivity contribution is -0.172. The van der Waals surface area contributed by atoms with E-state index in [0.717, 1.165) is 77.9 Å². The number of carboxylic acid groups (broad SMARTS) is 1. The zero-order chi connectivity index (χ0) is 75.1. The van der Waals surface area contributed by atoms with Gasteiger partial charge in [0, 0.05) is 83.7 Å². The first-order valence-corrected chi connectivity index (χ1v) is 29.0. The van der Waals surface area contributed by atoms with Gasteiger partial charge in [-0.15, -0.1) is 0 Å². The van der Waals surface area contributed by atoms with Crippen LogP contribution in [0.1, 0.15) is 137 Å². The maximum Gasteiger partial charge on any atom is 0.410 e. The van der Waals surface area contributed by atoms with Crippen molar-refractivity contribution in [2.24, 2.45) is 10.8 Å². The number of anilines is 2. The molecule has 85 heavy (non-hydrogen) atoms. The van der Waals surface area contributed by atoms with Gasteiger partial charge in [0.05, 0.1) is 26.4 Å². The number of benzene rings is 4. The zero-order valence-electron chi connectivity index (χ0n) is 64.6. The van der Waals surface area contributed by atoms with Gasteiger partial charge in [-0.25, -0.2) is 28.8 Å². The molecule has 2 N–H and O–H groups in total. The van der Waals surface area contributed by atoms with Gasteiger partial charge in [0.15, 0.2) is 6.10 Å². The number of hydrogen-bond acceptors (Lipinski definition) is 16.